The monoisotopic (exact) mass is 212 g/mol. The highest BCUT2D eigenvalue weighted by molar-refractivity contribution is 4.80. The Labute approximate surface area is 95.4 Å². The van der Waals surface area contributed by atoms with Crippen molar-refractivity contribution < 1.29 is 0 Å². The second-order valence-corrected chi connectivity index (χ2v) is 5.33. The summed E-state index contributed by atoms with van der Waals surface area (Å²) < 4.78 is 0. The van der Waals surface area contributed by atoms with Gasteiger partial charge in [0.2, 0.25) is 0 Å². The molecule has 3 unspecified atom stereocenters. The van der Waals surface area contributed by atoms with Crippen molar-refractivity contribution in [2.24, 2.45) is 5.92 Å². The minimum Gasteiger partial charge on any atom is -0.314 e. The predicted octanol–water partition coefficient (Wildman–Crippen LogP) is 2.49. The van der Waals surface area contributed by atoms with Gasteiger partial charge in [0, 0.05) is 18.6 Å². The number of nitrogens with one attached hydrogen (secondary N) is 1. The molecule has 0 radical (unpaired) electrons. The van der Waals surface area contributed by atoms with Crippen molar-refractivity contribution in [2.45, 2.75) is 59.0 Å². The first-order valence-electron chi connectivity index (χ1n) is 6.61. The van der Waals surface area contributed by atoms with Crippen LogP contribution in [0.2, 0.25) is 0 Å². The maximum absolute atomic E-state index is 3.56. The molecule has 1 aliphatic rings. The van der Waals surface area contributed by atoms with Crippen molar-refractivity contribution >= 4 is 0 Å². The minimum atomic E-state index is 0.674. The third kappa shape index (κ3) is 4.52. The molecule has 1 aliphatic heterocycles. The molecule has 0 aromatic rings. The molecule has 0 saturated carbocycles. The molecular weight excluding hydrogens is 184 g/mol. The first kappa shape index (κ1) is 13.0. The van der Waals surface area contributed by atoms with Crippen LogP contribution < -0.4 is 5.32 Å². The van der Waals surface area contributed by atoms with Crippen LogP contribution in [0, 0.1) is 5.92 Å². The summed E-state index contributed by atoms with van der Waals surface area (Å²) in [5.74, 6) is 0.902. The van der Waals surface area contributed by atoms with Gasteiger partial charge in [-0.25, -0.2) is 0 Å². The van der Waals surface area contributed by atoms with E-state index < -0.39 is 0 Å². The third-order valence-corrected chi connectivity index (χ3v) is 3.51. The zero-order chi connectivity index (χ0) is 11.3. The first-order chi connectivity index (χ1) is 7.13. The molecule has 1 saturated heterocycles. The van der Waals surface area contributed by atoms with E-state index in [9.17, 15) is 0 Å². The smallest absolute Gasteiger partial charge is 0.00700 e. The normalized spacial score (nSPS) is 29.6. The topological polar surface area (TPSA) is 15.3 Å². The second-order valence-electron chi connectivity index (χ2n) is 5.33. The van der Waals surface area contributed by atoms with Crippen LogP contribution in [0.4, 0.5) is 0 Å². The van der Waals surface area contributed by atoms with Gasteiger partial charge in [-0.05, 0) is 52.1 Å². The van der Waals surface area contributed by atoms with Gasteiger partial charge in [-0.3, -0.25) is 0 Å². The Bertz CT molecular complexity index is 170. The first-order valence-corrected chi connectivity index (χ1v) is 6.61. The largest absolute Gasteiger partial charge is 0.314 e. The molecule has 0 aliphatic carbocycles. The van der Waals surface area contributed by atoms with E-state index in [1.54, 1.807) is 0 Å². The van der Waals surface area contributed by atoms with Gasteiger partial charge in [0.1, 0.15) is 0 Å². The van der Waals surface area contributed by atoms with E-state index in [1.165, 1.54) is 32.4 Å². The van der Waals surface area contributed by atoms with Gasteiger partial charge in [-0.15, -0.1) is 0 Å². The summed E-state index contributed by atoms with van der Waals surface area (Å²) in [6, 6.07) is 1.48. The molecule has 1 fully saturated rings. The fraction of sp³-hybridized carbons (Fsp3) is 1.00. The quantitative estimate of drug-likeness (QED) is 0.728. The molecule has 0 bridgehead atoms. The molecule has 1 heterocycles. The highest BCUT2D eigenvalue weighted by Gasteiger charge is 2.25. The zero-order valence-electron chi connectivity index (χ0n) is 10.9. The highest BCUT2D eigenvalue weighted by Crippen LogP contribution is 2.22. The number of likely N-dealkylation sites (tertiary alicyclic amines) is 1. The number of rotatable bonds is 6. The van der Waals surface area contributed by atoms with Gasteiger partial charge < -0.3 is 10.2 Å². The molecular formula is C13H28N2. The van der Waals surface area contributed by atoms with Gasteiger partial charge >= 0.3 is 0 Å². The molecule has 1 N–H and O–H groups in total. The van der Waals surface area contributed by atoms with Gasteiger partial charge in [-0.1, -0.05) is 13.8 Å². The van der Waals surface area contributed by atoms with E-state index in [0.29, 0.717) is 6.04 Å². The lowest BCUT2D eigenvalue weighted by Crippen LogP contribution is -2.34. The van der Waals surface area contributed by atoms with Crippen LogP contribution in [0.15, 0.2) is 0 Å². The Morgan fingerprint density at radius 3 is 2.67 bits per heavy atom. The van der Waals surface area contributed by atoms with Crippen LogP contribution >= 0.6 is 0 Å². The summed E-state index contributed by atoms with van der Waals surface area (Å²) in [5.41, 5.74) is 0. The SMILES string of the molecule is CCCNC(C)CCN1CC(C)CC1C. The van der Waals surface area contributed by atoms with E-state index in [-0.39, 0.29) is 0 Å². The second kappa shape index (κ2) is 6.49. The standard InChI is InChI=1S/C13H28N2/c1-5-7-14-12(3)6-8-15-10-11(2)9-13(15)4/h11-14H,5-10H2,1-4H3. The molecule has 3 atom stereocenters. The molecule has 2 heteroatoms. The Kier molecular flexibility index (Phi) is 5.62. The van der Waals surface area contributed by atoms with Crippen molar-refractivity contribution in [3.8, 4) is 0 Å². The van der Waals surface area contributed by atoms with E-state index in [0.717, 1.165) is 18.5 Å². The lowest BCUT2D eigenvalue weighted by Gasteiger charge is -2.23. The molecule has 1 rings (SSSR count). The summed E-state index contributed by atoms with van der Waals surface area (Å²) in [4.78, 5) is 2.65. The number of hydrogen-bond donors (Lipinski definition) is 1. The minimum absolute atomic E-state index is 0.674. The van der Waals surface area contributed by atoms with E-state index in [2.05, 4.69) is 37.9 Å². The predicted molar refractivity (Wildman–Crippen MR) is 67.2 cm³/mol. The average Bonchev–Trinajstić information content (AvgIpc) is 2.51. The maximum Gasteiger partial charge on any atom is 0.00700 e. The summed E-state index contributed by atoms with van der Waals surface area (Å²) in [6.07, 6.45) is 3.91. The van der Waals surface area contributed by atoms with Crippen LogP contribution in [0.25, 0.3) is 0 Å². The Morgan fingerprint density at radius 1 is 1.40 bits per heavy atom. The summed E-state index contributed by atoms with van der Waals surface area (Å²) in [6.45, 7) is 13.0. The molecule has 15 heavy (non-hydrogen) atoms. The van der Waals surface area contributed by atoms with Crippen LogP contribution in [0.1, 0.15) is 47.0 Å². The summed E-state index contributed by atoms with van der Waals surface area (Å²) >= 11 is 0. The lowest BCUT2D eigenvalue weighted by atomic mass is 10.1. The molecule has 0 spiro atoms. The van der Waals surface area contributed by atoms with Gasteiger partial charge in [-0.2, -0.15) is 0 Å². The average molecular weight is 212 g/mol. The Morgan fingerprint density at radius 2 is 2.13 bits per heavy atom. The van der Waals surface area contributed by atoms with Crippen molar-refractivity contribution in [1.82, 2.24) is 10.2 Å². The van der Waals surface area contributed by atoms with Crippen molar-refractivity contribution in [3.63, 3.8) is 0 Å². The van der Waals surface area contributed by atoms with Crippen molar-refractivity contribution in [3.05, 3.63) is 0 Å². The molecule has 0 aromatic heterocycles. The number of hydrogen-bond acceptors (Lipinski definition) is 2. The van der Waals surface area contributed by atoms with Crippen molar-refractivity contribution in [2.75, 3.05) is 19.6 Å². The van der Waals surface area contributed by atoms with E-state index in [4.69, 9.17) is 0 Å². The fourth-order valence-electron chi connectivity index (χ4n) is 2.55. The van der Waals surface area contributed by atoms with Gasteiger partial charge in [0.05, 0.1) is 0 Å². The Balaban J connectivity index is 2.13. The molecule has 0 amide bonds. The zero-order valence-corrected chi connectivity index (χ0v) is 10.9. The number of nitrogens with zero attached hydrogens (tertiary/aromatic N) is 1. The van der Waals surface area contributed by atoms with Crippen LogP contribution in [0.3, 0.4) is 0 Å². The van der Waals surface area contributed by atoms with Gasteiger partial charge in [0.15, 0.2) is 0 Å². The van der Waals surface area contributed by atoms with E-state index >= 15 is 0 Å². The fourth-order valence-corrected chi connectivity index (χ4v) is 2.55. The maximum atomic E-state index is 3.56. The molecule has 0 aromatic carbocycles. The van der Waals surface area contributed by atoms with Gasteiger partial charge in [0.25, 0.3) is 0 Å². The van der Waals surface area contributed by atoms with E-state index in [1.807, 2.05) is 0 Å². The third-order valence-electron chi connectivity index (χ3n) is 3.51. The molecule has 90 valence electrons. The van der Waals surface area contributed by atoms with Crippen LogP contribution in [0.5, 0.6) is 0 Å². The Hall–Kier alpha value is -0.0800. The van der Waals surface area contributed by atoms with Crippen LogP contribution in [-0.2, 0) is 0 Å². The van der Waals surface area contributed by atoms with Crippen molar-refractivity contribution in [1.29, 1.82) is 0 Å². The summed E-state index contributed by atoms with van der Waals surface area (Å²) in [5, 5.41) is 3.56. The molecule has 2 nitrogen and oxygen atoms in total. The lowest BCUT2D eigenvalue weighted by molar-refractivity contribution is 0.250. The van der Waals surface area contributed by atoms with Crippen LogP contribution in [-0.4, -0.2) is 36.6 Å². The highest BCUT2D eigenvalue weighted by atomic mass is 15.2. The summed E-state index contributed by atoms with van der Waals surface area (Å²) in [7, 11) is 0.